The molecule has 5 heteroatoms. The monoisotopic (exact) mass is 233 g/mol. The summed E-state index contributed by atoms with van der Waals surface area (Å²) in [4.78, 5) is 25.2. The number of carboxylic acid groups (broad SMARTS) is 1. The van der Waals surface area contributed by atoms with Crippen LogP contribution in [0.3, 0.4) is 0 Å². The first-order valence-electron chi connectivity index (χ1n) is 4.84. The molecule has 1 rings (SSSR count). The second-order valence-corrected chi connectivity index (χ2v) is 3.01. The predicted molar refractivity (Wildman–Crippen MR) is 62.6 cm³/mol. The van der Waals surface area contributed by atoms with Crippen LogP contribution in [0.4, 0.5) is 0 Å². The summed E-state index contributed by atoms with van der Waals surface area (Å²) in [6.07, 6.45) is 3.60. The van der Waals surface area contributed by atoms with Crippen LogP contribution in [0.5, 0.6) is 0 Å². The Balaban J connectivity index is 2.41. The van der Waals surface area contributed by atoms with Gasteiger partial charge in [-0.3, -0.25) is 4.79 Å². The Morgan fingerprint density at radius 2 is 2.06 bits per heavy atom. The van der Waals surface area contributed by atoms with E-state index in [0.29, 0.717) is 0 Å². The summed E-state index contributed by atoms with van der Waals surface area (Å²) < 4.78 is 0. The molecule has 0 radical (unpaired) electrons. The van der Waals surface area contributed by atoms with Crippen molar-refractivity contribution in [1.82, 2.24) is 0 Å². The molecule has 1 aromatic carbocycles. The van der Waals surface area contributed by atoms with Gasteiger partial charge in [-0.2, -0.15) is 0 Å². The number of rotatable bonds is 6. The summed E-state index contributed by atoms with van der Waals surface area (Å²) in [6.45, 7) is 0.0967. The second-order valence-electron chi connectivity index (χ2n) is 3.01. The maximum Gasteiger partial charge on any atom is 0.361 e. The second kappa shape index (κ2) is 6.95. The highest BCUT2D eigenvalue weighted by Crippen LogP contribution is 2.00. The average Bonchev–Trinajstić information content (AvgIpc) is 2.34. The maximum atomic E-state index is 10.4. The minimum atomic E-state index is -1.41. The molecule has 0 spiro atoms. The molecule has 0 saturated carbocycles. The Morgan fingerprint density at radius 1 is 1.35 bits per heavy atom. The van der Waals surface area contributed by atoms with Crippen molar-refractivity contribution >= 4 is 24.0 Å². The number of carbonyl (C=O) groups excluding carboxylic acids is 1. The van der Waals surface area contributed by atoms with E-state index in [9.17, 15) is 9.59 Å². The SMILES string of the molecule is O=CC(=NOC/C=C/c1ccccc1)C(=O)O. The van der Waals surface area contributed by atoms with Crippen molar-refractivity contribution in [1.29, 1.82) is 0 Å². The molecule has 0 fully saturated rings. The summed E-state index contributed by atoms with van der Waals surface area (Å²) >= 11 is 0. The molecule has 5 nitrogen and oxygen atoms in total. The zero-order chi connectivity index (χ0) is 12.5. The zero-order valence-electron chi connectivity index (χ0n) is 8.95. The number of nitrogens with zero attached hydrogens (tertiary/aromatic N) is 1. The Morgan fingerprint density at radius 3 is 2.65 bits per heavy atom. The fourth-order valence-corrected chi connectivity index (χ4v) is 1.01. The van der Waals surface area contributed by atoms with Gasteiger partial charge in [-0.1, -0.05) is 41.6 Å². The van der Waals surface area contributed by atoms with Crippen molar-refractivity contribution in [3.63, 3.8) is 0 Å². The van der Waals surface area contributed by atoms with Crippen molar-refractivity contribution in [2.75, 3.05) is 6.61 Å². The lowest BCUT2D eigenvalue weighted by molar-refractivity contribution is -0.130. The number of hydrogen-bond acceptors (Lipinski definition) is 4. The molecule has 17 heavy (non-hydrogen) atoms. The number of carbonyl (C=O) groups is 2. The molecule has 0 aromatic heterocycles. The van der Waals surface area contributed by atoms with Gasteiger partial charge in [0.05, 0.1) is 0 Å². The normalized spacial score (nSPS) is 11.4. The van der Waals surface area contributed by atoms with Crippen LogP contribution in [0.15, 0.2) is 41.6 Å². The Labute approximate surface area is 98.0 Å². The lowest BCUT2D eigenvalue weighted by Crippen LogP contribution is -2.14. The summed E-state index contributed by atoms with van der Waals surface area (Å²) in [5.41, 5.74) is 0.340. The molecule has 0 atom stereocenters. The largest absolute Gasteiger partial charge is 0.476 e. The Kier molecular flexibility index (Phi) is 5.16. The summed E-state index contributed by atoms with van der Waals surface area (Å²) in [6, 6.07) is 9.52. The van der Waals surface area contributed by atoms with E-state index in [0.717, 1.165) is 5.56 Å². The topological polar surface area (TPSA) is 76.0 Å². The fourth-order valence-electron chi connectivity index (χ4n) is 1.01. The smallest absolute Gasteiger partial charge is 0.361 e. The number of benzene rings is 1. The molecule has 0 bridgehead atoms. The van der Waals surface area contributed by atoms with E-state index in [1.54, 1.807) is 12.2 Å². The first-order valence-corrected chi connectivity index (χ1v) is 4.84. The van der Waals surface area contributed by atoms with E-state index < -0.39 is 11.7 Å². The molecule has 0 aliphatic rings. The van der Waals surface area contributed by atoms with Crippen LogP contribution >= 0.6 is 0 Å². The van der Waals surface area contributed by atoms with E-state index >= 15 is 0 Å². The fraction of sp³-hybridized carbons (Fsp3) is 0.0833. The molecule has 0 unspecified atom stereocenters. The summed E-state index contributed by atoms with van der Waals surface area (Å²) in [7, 11) is 0. The van der Waals surface area contributed by atoms with E-state index in [-0.39, 0.29) is 12.9 Å². The van der Waals surface area contributed by atoms with Gasteiger partial charge in [0.15, 0.2) is 6.29 Å². The van der Waals surface area contributed by atoms with Crippen LogP contribution in [-0.2, 0) is 14.4 Å². The van der Waals surface area contributed by atoms with Gasteiger partial charge in [0.25, 0.3) is 0 Å². The molecule has 0 saturated heterocycles. The van der Waals surface area contributed by atoms with Crippen LogP contribution in [0.25, 0.3) is 6.08 Å². The number of oxime groups is 1. The van der Waals surface area contributed by atoms with Crippen molar-refractivity contribution in [2.24, 2.45) is 5.16 Å². The van der Waals surface area contributed by atoms with Crippen molar-refractivity contribution < 1.29 is 19.5 Å². The van der Waals surface area contributed by atoms with Gasteiger partial charge in [0.2, 0.25) is 5.71 Å². The molecule has 0 aliphatic carbocycles. The van der Waals surface area contributed by atoms with Gasteiger partial charge in [-0.15, -0.1) is 0 Å². The van der Waals surface area contributed by atoms with Gasteiger partial charge < -0.3 is 9.94 Å². The van der Waals surface area contributed by atoms with Gasteiger partial charge in [0, 0.05) is 0 Å². The van der Waals surface area contributed by atoms with Crippen molar-refractivity contribution in [3.8, 4) is 0 Å². The molecule has 0 aliphatic heterocycles. The number of aliphatic carboxylic acids is 1. The lowest BCUT2D eigenvalue weighted by atomic mass is 10.2. The highest BCUT2D eigenvalue weighted by Gasteiger charge is 2.07. The van der Waals surface area contributed by atoms with Crippen LogP contribution in [-0.4, -0.2) is 29.7 Å². The van der Waals surface area contributed by atoms with Crippen molar-refractivity contribution in [2.45, 2.75) is 0 Å². The first-order chi connectivity index (χ1) is 8.24. The number of carboxylic acids is 1. The standard InChI is InChI=1S/C12H11NO4/c14-9-11(12(15)16)13-17-8-4-7-10-5-2-1-3-6-10/h1-7,9H,8H2,(H,15,16)/b7-4+,13-11?. The molecule has 1 N–H and O–H groups in total. The van der Waals surface area contributed by atoms with Crippen molar-refractivity contribution in [3.05, 3.63) is 42.0 Å². The Hall–Kier alpha value is -2.43. The lowest BCUT2D eigenvalue weighted by Gasteiger charge is -1.94. The summed E-state index contributed by atoms with van der Waals surface area (Å²) in [5, 5.41) is 11.6. The molecule has 88 valence electrons. The van der Waals surface area contributed by atoms with Crippen LogP contribution < -0.4 is 0 Å². The van der Waals surface area contributed by atoms with E-state index in [1.165, 1.54) is 0 Å². The quantitative estimate of drug-likeness (QED) is 0.264. The van der Waals surface area contributed by atoms with Gasteiger partial charge in [-0.25, -0.2) is 4.79 Å². The van der Waals surface area contributed by atoms with E-state index in [4.69, 9.17) is 5.11 Å². The van der Waals surface area contributed by atoms with Crippen LogP contribution in [0.1, 0.15) is 5.56 Å². The zero-order valence-corrected chi connectivity index (χ0v) is 8.95. The van der Waals surface area contributed by atoms with Gasteiger partial charge in [-0.05, 0) is 11.6 Å². The molecular formula is C12H11NO4. The average molecular weight is 233 g/mol. The minimum absolute atomic E-state index is 0.0967. The molecule has 0 amide bonds. The highest BCUT2D eigenvalue weighted by atomic mass is 16.6. The van der Waals surface area contributed by atoms with Crippen LogP contribution in [0, 0.1) is 0 Å². The van der Waals surface area contributed by atoms with Crippen LogP contribution in [0.2, 0.25) is 0 Å². The minimum Gasteiger partial charge on any atom is -0.476 e. The first kappa shape index (κ1) is 12.6. The third kappa shape index (κ3) is 4.74. The van der Waals surface area contributed by atoms with E-state index in [1.807, 2.05) is 30.3 Å². The number of aldehydes is 1. The summed E-state index contributed by atoms with van der Waals surface area (Å²) in [5.74, 6) is -1.41. The predicted octanol–water partition coefficient (Wildman–Crippen LogP) is 1.36. The van der Waals surface area contributed by atoms with Gasteiger partial charge >= 0.3 is 5.97 Å². The molecule has 0 heterocycles. The third-order valence-electron chi connectivity index (χ3n) is 1.77. The third-order valence-corrected chi connectivity index (χ3v) is 1.77. The molecule has 1 aromatic rings. The molecular weight excluding hydrogens is 222 g/mol. The van der Waals surface area contributed by atoms with E-state index in [2.05, 4.69) is 9.99 Å². The van der Waals surface area contributed by atoms with Gasteiger partial charge in [0.1, 0.15) is 6.61 Å². The highest BCUT2D eigenvalue weighted by molar-refractivity contribution is 6.57. The maximum absolute atomic E-state index is 10.4. The number of hydrogen-bond donors (Lipinski definition) is 1. The Bertz CT molecular complexity index is 437.